The molecule has 2 saturated heterocycles. The number of H-pyrrole nitrogens is 1. The highest BCUT2D eigenvalue weighted by molar-refractivity contribution is 7.53. The van der Waals surface area contributed by atoms with Crippen LogP contribution >= 0.6 is 7.60 Å². The fraction of sp³-hybridized carbons (Fsp3) is 0.382. The molecule has 1 amide bonds. The summed E-state index contributed by atoms with van der Waals surface area (Å²) in [6.07, 6.45) is -0.00716. The molecule has 2 fully saturated rings. The van der Waals surface area contributed by atoms with Gasteiger partial charge in [-0.05, 0) is 78.1 Å². The Balaban J connectivity index is 1.05. The number of nitrogens with zero attached hydrogens (tertiary/aromatic N) is 5. The van der Waals surface area contributed by atoms with Gasteiger partial charge >= 0.3 is 13.3 Å². The van der Waals surface area contributed by atoms with Crippen molar-refractivity contribution in [3.05, 3.63) is 177 Å². The maximum atomic E-state index is 14.9. The molecule has 4 aromatic carbocycles. The fourth-order valence-electron chi connectivity index (χ4n) is 9.32. The maximum absolute atomic E-state index is 14.9. The molecule has 2 aliphatic rings. The lowest BCUT2D eigenvalue weighted by atomic mass is 9.80. The maximum Gasteiger partial charge on any atom is 0.330 e. The Labute approximate surface area is 441 Å². The van der Waals surface area contributed by atoms with Gasteiger partial charge in [0, 0.05) is 36.8 Å². The van der Waals surface area contributed by atoms with Gasteiger partial charge in [-0.25, -0.2) is 19.7 Å². The Morgan fingerprint density at radius 3 is 1.95 bits per heavy atom. The van der Waals surface area contributed by atoms with Gasteiger partial charge in [0.25, 0.3) is 11.5 Å². The standard InChI is InChI=1S/C55H64N7O12PSi/c1-35-30-61(53(65)60-51(35)63)46-29-43(74-76(8,9)54(2,3)4)45(72-46)32-70-75(7,66)73-42-28-47(62-34-58-48-49(56-33-57-50(48)62)59-52(64)36-16-12-10-13-17-36)71-44(42)31-69-55(37-18-14-11-15-19-37,38-20-24-40(67-5)25-21-38)39-22-26-41(68-6)27-23-39/h10-27,30,33-34,42-47H,28-29,31-32H2,1-9H3,(H,60,63,65)(H,56,57,59,64)/t42-,43-,44+,45+,46+,47+,75?/m0/s1. The molecule has 5 heterocycles. The third-order valence-electron chi connectivity index (χ3n) is 14.4. The SMILES string of the molecule is COc1ccc(C(OC[C@H]2O[C@@H](n3cnc4c(NC(=O)c5ccccc5)ncnc43)C[C@@H]2OP(C)(=O)OC[C@H]2O[C@@H](n3cc(C)c(=O)[nH]c3=O)C[C@@H]2O[Si](C)(C)C(C)(C)C)(c2ccccc2)c2ccc(OC)cc2)cc1. The van der Waals surface area contributed by atoms with Crippen molar-refractivity contribution in [3.63, 3.8) is 0 Å². The molecule has 0 bridgehead atoms. The minimum absolute atomic E-state index is 0.0999. The largest absolute Gasteiger partial charge is 0.497 e. The van der Waals surface area contributed by atoms with Crippen molar-refractivity contribution in [3.8, 4) is 11.5 Å². The number of nitrogens with one attached hydrogen (secondary N) is 2. The van der Waals surface area contributed by atoms with Crippen LogP contribution in [0.25, 0.3) is 11.2 Å². The van der Waals surface area contributed by atoms with Crippen LogP contribution in [0.1, 0.15) is 78.7 Å². The summed E-state index contributed by atoms with van der Waals surface area (Å²) in [4.78, 5) is 54.7. The van der Waals surface area contributed by atoms with Crippen LogP contribution in [0.5, 0.6) is 11.5 Å². The van der Waals surface area contributed by atoms with Crippen molar-refractivity contribution in [1.82, 2.24) is 29.1 Å². The number of amides is 1. The molecular formula is C55H64N7O12PSi. The van der Waals surface area contributed by atoms with E-state index < -0.39 is 69.6 Å². The Bertz CT molecular complexity index is 3270. The molecule has 7 atom stereocenters. The van der Waals surface area contributed by atoms with Gasteiger partial charge in [0.05, 0.1) is 46.0 Å². The number of rotatable bonds is 19. The van der Waals surface area contributed by atoms with Gasteiger partial charge in [0.15, 0.2) is 25.3 Å². The zero-order valence-corrected chi connectivity index (χ0v) is 45.9. The molecule has 76 heavy (non-hydrogen) atoms. The average molecular weight is 1070 g/mol. The topological polar surface area (TPSA) is 218 Å². The number of methoxy groups -OCH3 is 2. The summed E-state index contributed by atoms with van der Waals surface area (Å²) in [5.41, 5.74) is 1.49. The van der Waals surface area contributed by atoms with Crippen LogP contribution in [-0.2, 0) is 37.9 Å². The first kappa shape index (κ1) is 54.2. The smallest absolute Gasteiger partial charge is 0.330 e. The molecule has 2 N–H and O–H groups in total. The summed E-state index contributed by atoms with van der Waals surface area (Å²) in [7, 11) is -3.24. The predicted octanol–water partition coefficient (Wildman–Crippen LogP) is 9.15. The van der Waals surface area contributed by atoms with Gasteiger partial charge in [-0.15, -0.1) is 0 Å². The Kier molecular flexibility index (Phi) is 15.8. The third kappa shape index (κ3) is 11.4. The van der Waals surface area contributed by atoms with E-state index in [1.54, 1.807) is 56.3 Å². The van der Waals surface area contributed by atoms with Gasteiger partial charge in [-0.3, -0.25) is 28.3 Å². The normalized spacial score (nSPS) is 20.9. The quantitative estimate of drug-likeness (QED) is 0.0438. The van der Waals surface area contributed by atoms with Crippen molar-refractivity contribution in [1.29, 1.82) is 0 Å². The van der Waals surface area contributed by atoms with Crippen molar-refractivity contribution >= 4 is 38.8 Å². The molecule has 7 aromatic rings. The van der Waals surface area contributed by atoms with Crippen LogP contribution in [0.15, 0.2) is 138 Å². The van der Waals surface area contributed by atoms with Crippen LogP contribution in [-0.4, -0.2) is 102 Å². The van der Waals surface area contributed by atoms with E-state index in [0.29, 0.717) is 33.8 Å². The number of hydrogen-bond acceptors (Lipinski definition) is 15. The molecule has 1 unspecified atom stereocenters. The molecule has 0 radical (unpaired) electrons. The molecule has 3 aromatic heterocycles. The minimum Gasteiger partial charge on any atom is -0.497 e. The molecular weight excluding hydrogens is 1010 g/mol. The van der Waals surface area contributed by atoms with Crippen molar-refractivity contribution in [2.45, 2.75) is 101 Å². The number of carbonyl (C=O) groups excluding carboxylic acids is 1. The van der Waals surface area contributed by atoms with Crippen LogP contribution in [0, 0.1) is 6.92 Å². The van der Waals surface area contributed by atoms with Crippen LogP contribution in [0.4, 0.5) is 5.82 Å². The number of fused-ring (bicyclic) bond motifs is 1. The van der Waals surface area contributed by atoms with Crippen LogP contribution in [0.3, 0.4) is 0 Å². The van der Waals surface area contributed by atoms with Crippen LogP contribution < -0.4 is 26.0 Å². The van der Waals surface area contributed by atoms with Crippen molar-refractivity contribution < 1.29 is 46.5 Å². The van der Waals surface area contributed by atoms with Crippen molar-refractivity contribution in [2.75, 3.05) is 39.4 Å². The zero-order valence-electron chi connectivity index (χ0n) is 44.0. The summed E-state index contributed by atoms with van der Waals surface area (Å²) in [6, 6.07) is 33.9. The third-order valence-corrected chi connectivity index (χ3v) is 20.2. The van der Waals surface area contributed by atoms with E-state index in [2.05, 4.69) is 59.1 Å². The highest BCUT2D eigenvalue weighted by Crippen LogP contribution is 2.51. The first-order chi connectivity index (χ1) is 36.3. The second-order valence-corrected chi connectivity index (χ2v) is 27.3. The van der Waals surface area contributed by atoms with Gasteiger partial charge in [0.2, 0.25) is 0 Å². The highest BCUT2D eigenvalue weighted by Gasteiger charge is 2.48. The van der Waals surface area contributed by atoms with Crippen molar-refractivity contribution in [2.24, 2.45) is 0 Å². The van der Waals surface area contributed by atoms with E-state index in [1.165, 1.54) is 23.8 Å². The fourth-order valence-corrected chi connectivity index (χ4v) is 11.9. The summed E-state index contributed by atoms with van der Waals surface area (Å²) in [6.45, 7) is 13.3. The van der Waals surface area contributed by atoms with E-state index >= 15 is 0 Å². The summed E-state index contributed by atoms with van der Waals surface area (Å²) < 4.78 is 69.7. The zero-order chi connectivity index (χ0) is 54.0. The van der Waals surface area contributed by atoms with Gasteiger partial charge < -0.3 is 42.5 Å². The minimum atomic E-state index is -4.02. The lowest BCUT2D eigenvalue weighted by Crippen LogP contribution is -2.46. The number of aromatic nitrogens is 6. The van der Waals surface area contributed by atoms with E-state index in [1.807, 2.05) is 84.9 Å². The number of anilines is 1. The van der Waals surface area contributed by atoms with E-state index in [4.69, 9.17) is 37.2 Å². The molecule has 0 aliphatic carbocycles. The molecule has 21 heteroatoms. The Hall–Kier alpha value is -6.61. The molecule has 2 aliphatic heterocycles. The second-order valence-electron chi connectivity index (χ2n) is 20.5. The Morgan fingerprint density at radius 2 is 1.34 bits per heavy atom. The first-order valence-electron chi connectivity index (χ1n) is 25.0. The lowest BCUT2D eigenvalue weighted by molar-refractivity contribution is -0.0919. The van der Waals surface area contributed by atoms with Gasteiger partial charge in [-0.2, -0.15) is 0 Å². The van der Waals surface area contributed by atoms with Gasteiger partial charge in [-0.1, -0.05) is 93.6 Å². The average Bonchev–Trinajstić information content (AvgIpc) is 4.15. The number of imidazole rings is 1. The number of aryl methyl sites for hydroxylation is 1. The second kappa shape index (κ2) is 22.2. The number of carbonyl (C=O) groups is 1. The number of hydrogen-bond donors (Lipinski definition) is 2. The first-order valence-corrected chi connectivity index (χ1v) is 29.9. The summed E-state index contributed by atoms with van der Waals surface area (Å²) in [5, 5.41) is 2.69. The van der Waals surface area contributed by atoms with E-state index in [9.17, 15) is 18.9 Å². The monoisotopic (exact) mass is 1070 g/mol. The Morgan fingerprint density at radius 1 is 0.776 bits per heavy atom. The lowest BCUT2D eigenvalue weighted by Gasteiger charge is -2.39. The predicted molar refractivity (Wildman–Crippen MR) is 288 cm³/mol. The molecule has 9 rings (SSSR count). The van der Waals surface area contributed by atoms with Crippen LogP contribution in [0.2, 0.25) is 18.1 Å². The molecule has 400 valence electrons. The summed E-state index contributed by atoms with van der Waals surface area (Å²) in [5.74, 6) is 1.15. The molecule has 0 spiro atoms. The molecule has 0 saturated carbocycles. The summed E-state index contributed by atoms with van der Waals surface area (Å²) >= 11 is 0. The number of aromatic amines is 1. The van der Waals surface area contributed by atoms with E-state index in [0.717, 1.165) is 16.7 Å². The van der Waals surface area contributed by atoms with Gasteiger partial charge in [0.1, 0.15) is 48.1 Å². The number of ether oxygens (including phenoxy) is 5. The molecule has 19 nitrogen and oxygen atoms in total. The highest BCUT2D eigenvalue weighted by atomic mass is 31.2. The van der Waals surface area contributed by atoms with E-state index in [-0.39, 0.29) is 42.8 Å². The number of benzene rings is 4.